The molecule has 0 fully saturated rings. The zero-order chi connectivity index (χ0) is 16.9. The van der Waals surface area contributed by atoms with Crippen molar-refractivity contribution in [3.63, 3.8) is 0 Å². The molecule has 0 aliphatic heterocycles. The van der Waals surface area contributed by atoms with Gasteiger partial charge in [0.15, 0.2) is 5.58 Å². The van der Waals surface area contributed by atoms with Gasteiger partial charge in [-0.1, -0.05) is 6.08 Å². The van der Waals surface area contributed by atoms with E-state index < -0.39 is 0 Å². The van der Waals surface area contributed by atoms with Gasteiger partial charge in [0.25, 0.3) is 0 Å². The van der Waals surface area contributed by atoms with Gasteiger partial charge in [0.2, 0.25) is 11.8 Å². The fourth-order valence-electron chi connectivity index (χ4n) is 2.17. The van der Waals surface area contributed by atoms with Gasteiger partial charge >= 0.3 is 0 Å². The molecule has 6 nitrogen and oxygen atoms in total. The van der Waals surface area contributed by atoms with Gasteiger partial charge in [-0.3, -0.25) is 9.78 Å². The molecule has 0 radical (unpaired) electrons. The Labute approximate surface area is 139 Å². The van der Waals surface area contributed by atoms with Gasteiger partial charge in [0.1, 0.15) is 5.52 Å². The first kappa shape index (κ1) is 15.9. The van der Waals surface area contributed by atoms with Crippen molar-refractivity contribution in [2.75, 3.05) is 26.0 Å². The Balaban J connectivity index is 1.77. The van der Waals surface area contributed by atoms with Crippen LogP contribution in [0.1, 0.15) is 0 Å². The summed E-state index contributed by atoms with van der Waals surface area (Å²) in [5.74, 6) is 0.333. The molecule has 0 saturated carbocycles. The van der Waals surface area contributed by atoms with Crippen LogP contribution in [0.4, 0.5) is 5.69 Å². The van der Waals surface area contributed by atoms with Crippen LogP contribution in [0.3, 0.4) is 0 Å². The number of nitrogens with zero attached hydrogens (tertiary/aromatic N) is 3. The van der Waals surface area contributed by atoms with E-state index in [1.807, 2.05) is 37.2 Å². The number of amides is 1. The third kappa shape index (κ3) is 3.85. The zero-order valence-corrected chi connectivity index (χ0v) is 13.6. The van der Waals surface area contributed by atoms with E-state index in [-0.39, 0.29) is 5.91 Å². The molecule has 122 valence electrons. The second kappa shape index (κ2) is 7.06. The largest absolute Gasteiger partial charge is 0.436 e. The van der Waals surface area contributed by atoms with E-state index in [1.165, 1.54) is 6.08 Å². The Morgan fingerprint density at radius 3 is 2.96 bits per heavy atom. The molecule has 0 saturated heterocycles. The Morgan fingerprint density at radius 2 is 2.21 bits per heavy atom. The molecule has 0 aliphatic carbocycles. The van der Waals surface area contributed by atoms with Gasteiger partial charge in [0.05, 0.1) is 5.56 Å². The molecule has 1 amide bonds. The zero-order valence-electron chi connectivity index (χ0n) is 13.6. The number of hydrogen-bond donors (Lipinski definition) is 1. The van der Waals surface area contributed by atoms with Crippen molar-refractivity contribution in [3.8, 4) is 11.5 Å². The lowest BCUT2D eigenvalue weighted by Crippen LogP contribution is -2.12. The van der Waals surface area contributed by atoms with E-state index in [9.17, 15) is 4.79 Å². The van der Waals surface area contributed by atoms with Crippen molar-refractivity contribution in [3.05, 3.63) is 54.9 Å². The van der Waals surface area contributed by atoms with Gasteiger partial charge in [0, 0.05) is 30.7 Å². The van der Waals surface area contributed by atoms with Crippen molar-refractivity contribution in [2.24, 2.45) is 0 Å². The fraction of sp³-hybridized carbons (Fsp3) is 0.167. The molecule has 2 aromatic heterocycles. The molecule has 0 aliphatic rings. The number of rotatable bonds is 5. The quantitative estimate of drug-likeness (QED) is 0.731. The smallest absolute Gasteiger partial charge is 0.248 e. The number of likely N-dealkylation sites (N-methyl/N-ethyl adjacent to an activating group) is 1. The van der Waals surface area contributed by atoms with Crippen LogP contribution in [0.5, 0.6) is 0 Å². The van der Waals surface area contributed by atoms with Crippen LogP contribution in [0.15, 0.2) is 59.3 Å². The lowest BCUT2D eigenvalue weighted by molar-refractivity contribution is -0.111. The molecule has 2 heterocycles. The molecule has 0 spiro atoms. The average molecular weight is 322 g/mol. The molecule has 0 atom stereocenters. The van der Waals surface area contributed by atoms with E-state index in [0.29, 0.717) is 29.2 Å². The summed E-state index contributed by atoms with van der Waals surface area (Å²) in [4.78, 5) is 22.4. The highest BCUT2D eigenvalue weighted by Crippen LogP contribution is 2.25. The first-order chi connectivity index (χ1) is 11.6. The van der Waals surface area contributed by atoms with Gasteiger partial charge in [-0.2, -0.15) is 0 Å². The van der Waals surface area contributed by atoms with Crippen molar-refractivity contribution in [2.45, 2.75) is 0 Å². The van der Waals surface area contributed by atoms with Crippen LogP contribution < -0.4 is 5.32 Å². The maximum absolute atomic E-state index is 11.9. The number of oxazole rings is 1. The lowest BCUT2D eigenvalue weighted by Gasteiger charge is -2.04. The number of hydrogen-bond acceptors (Lipinski definition) is 5. The molecule has 3 aromatic rings. The van der Waals surface area contributed by atoms with Crippen molar-refractivity contribution >= 4 is 22.7 Å². The first-order valence-electron chi connectivity index (χ1n) is 7.55. The molecular formula is C18H18N4O2. The molecule has 6 heteroatoms. The number of nitrogens with one attached hydrogen (secondary N) is 1. The predicted octanol–water partition coefficient (Wildman–Crippen LogP) is 2.95. The third-order valence-corrected chi connectivity index (χ3v) is 3.30. The van der Waals surface area contributed by atoms with Gasteiger partial charge in [-0.25, -0.2) is 4.98 Å². The minimum Gasteiger partial charge on any atom is -0.436 e. The highest BCUT2D eigenvalue weighted by Gasteiger charge is 2.09. The standard InChI is InChI=1S/C18H18N4O2/c1-22(2)10-4-6-17(23)20-14-7-8-16-15(11-14)21-18(24-16)13-5-3-9-19-12-13/h3-9,11-12H,10H2,1-2H3,(H,20,23)/b6-4+. The van der Waals surface area contributed by atoms with Crippen LogP contribution in [-0.2, 0) is 4.79 Å². The molecule has 1 N–H and O–H groups in total. The number of benzene rings is 1. The number of fused-ring (bicyclic) bond motifs is 1. The minimum atomic E-state index is -0.174. The number of aromatic nitrogens is 2. The predicted molar refractivity (Wildman–Crippen MR) is 93.6 cm³/mol. The highest BCUT2D eigenvalue weighted by molar-refractivity contribution is 6.00. The number of carbonyl (C=O) groups excluding carboxylic acids is 1. The SMILES string of the molecule is CN(C)C/C=C/C(=O)Nc1ccc2oc(-c3cccnc3)nc2c1. The number of pyridine rings is 1. The summed E-state index contributed by atoms with van der Waals surface area (Å²) in [5, 5.41) is 2.82. The summed E-state index contributed by atoms with van der Waals surface area (Å²) in [6.45, 7) is 0.713. The van der Waals surface area contributed by atoms with Crippen LogP contribution >= 0.6 is 0 Å². The topological polar surface area (TPSA) is 71.3 Å². The second-order valence-corrected chi connectivity index (χ2v) is 5.60. The summed E-state index contributed by atoms with van der Waals surface area (Å²) in [5.41, 5.74) is 2.83. The molecular weight excluding hydrogens is 304 g/mol. The maximum atomic E-state index is 11.9. The normalized spacial score (nSPS) is 11.5. The third-order valence-electron chi connectivity index (χ3n) is 3.30. The van der Waals surface area contributed by atoms with E-state index in [0.717, 1.165) is 5.56 Å². The lowest BCUT2D eigenvalue weighted by atomic mass is 10.3. The molecule has 0 unspecified atom stereocenters. The Bertz CT molecular complexity index is 869. The van der Waals surface area contributed by atoms with Crippen LogP contribution in [0.25, 0.3) is 22.6 Å². The molecule has 0 bridgehead atoms. The van der Waals surface area contributed by atoms with Crippen molar-refractivity contribution < 1.29 is 9.21 Å². The van der Waals surface area contributed by atoms with Crippen LogP contribution in [0, 0.1) is 0 Å². The Morgan fingerprint density at radius 1 is 1.33 bits per heavy atom. The summed E-state index contributed by atoms with van der Waals surface area (Å²) in [7, 11) is 3.89. The molecule has 24 heavy (non-hydrogen) atoms. The summed E-state index contributed by atoms with van der Waals surface area (Å²) >= 11 is 0. The Kier molecular flexibility index (Phi) is 4.67. The summed E-state index contributed by atoms with van der Waals surface area (Å²) in [6.07, 6.45) is 6.73. The van der Waals surface area contributed by atoms with Crippen LogP contribution in [-0.4, -0.2) is 41.4 Å². The highest BCUT2D eigenvalue weighted by atomic mass is 16.3. The fourth-order valence-corrected chi connectivity index (χ4v) is 2.17. The minimum absolute atomic E-state index is 0.174. The maximum Gasteiger partial charge on any atom is 0.248 e. The number of carbonyl (C=O) groups is 1. The summed E-state index contributed by atoms with van der Waals surface area (Å²) in [6, 6.07) is 9.09. The number of anilines is 1. The second-order valence-electron chi connectivity index (χ2n) is 5.60. The average Bonchev–Trinajstić information content (AvgIpc) is 2.98. The van der Waals surface area contributed by atoms with Gasteiger partial charge in [-0.05, 0) is 44.4 Å². The van der Waals surface area contributed by atoms with E-state index in [2.05, 4.69) is 15.3 Å². The van der Waals surface area contributed by atoms with Gasteiger partial charge in [-0.15, -0.1) is 0 Å². The van der Waals surface area contributed by atoms with E-state index in [4.69, 9.17) is 4.42 Å². The van der Waals surface area contributed by atoms with E-state index in [1.54, 1.807) is 30.6 Å². The monoisotopic (exact) mass is 322 g/mol. The summed E-state index contributed by atoms with van der Waals surface area (Å²) < 4.78 is 5.72. The molecule has 3 rings (SSSR count). The Hall–Kier alpha value is -2.99. The van der Waals surface area contributed by atoms with Crippen molar-refractivity contribution in [1.29, 1.82) is 0 Å². The van der Waals surface area contributed by atoms with Gasteiger partial charge < -0.3 is 14.6 Å². The first-order valence-corrected chi connectivity index (χ1v) is 7.55. The van der Waals surface area contributed by atoms with E-state index >= 15 is 0 Å². The van der Waals surface area contributed by atoms with Crippen LogP contribution in [0.2, 0.25) is 0 Å². The molecule has 1 aromatic carbocycles. The van der Waals surface area contributed by atoms with Crippen molar-refractivity contribution in [1.82, 2.24) is 14.9 Å².